The second kappa shape index (κ2) is 2.98. The van der Waals surface area contributed by atoms with E-state index in [2.05, 4.69) is 10.6 Å². The minimum absolute atomic E-state index is 0.0336. The lowest BCUT2D eigenvalue weighted by Crippen LogP contribution is -2.57. The molecule has 0 saturated carbocycles. The number of carbonyl (C=O) groups is 1. The van der Waals surface area contributed by atoms with Crippen LogP contribution in [0.5, 0.6) is 0 Å². The Balaban J connectivity index is 2.47. The van der Waals surface area contributed by atoms with Gasteiger partial charge in [0.15, 0.2) is 0 Å². The SMILES string of the molecule is C[C@H]1NCCN[C@H]1C(=O)O. The van der Waals surface area contributed by atoms with Crippen LogP contribution in [0.2, 0.25) is 0 Å². The van der Waals surface area contributed by atoms with E-state index < -0.39 is 12.0 Å². The Bertz CT molecular complexity index is 138. The van der Waals surface area contributed by atoms with Crippen molar-refractivity contribution in [2.45, 2.75) is 19.0 Å². The molecule has 1 heterocycles. The maximum atomic E-state index is 10.5. The van der Waals surface area contributed by atoms with Gasteiger partial charge in [-0.15, -0.1) is 0 Å². The molecule has 3 N–H and O–H groups in total. The van der Waals surface area contributed by atoms with Crippen LogP contribution in [0, 0.1) is 0 Å². The van der Waals surface area contributed by atoms with Gasteiger partial charge in [-0.3, -0.25) is 4.79 Å². The van der Waals surface area contributed by atoms with Gasteiger partial charge < -0.3 is 15.7 Å². The van der Waals surface area contributed by atoms with Gasteiger partial charge >= 0.3 is 5.97 Å². The highest BCUT2D eigenvalue weighted by Crippen LogP contribution is 1.96. The Hall–Kier alpha value is -0.610. The van der Waals surface area contributed by atoms with Crippen molar-refractivity contribution in [3.05, 3.63) is 0 Å². The standard InChI is InChI=1S/C6H12N2O2/c1-4-5(6(9)10)8-3-2-7-4/h4-5,7-8H,2-3H2,1H3,(H,9,10)/t4-,5-/m1/s1. The number of nitrogens with one attached hydrogen (secondary N) is 2. The molecule has 1 rings (SSSR count). The summed E-state index contributed by atoms with van der Waals surface area (Å²) in [6.45, 7) is 3.46. The van der Waals surface area contributed by atoms with E-state index in [1.165, 1.54) is 0 Å². The topological polar surface area (TPSA) is 61.4 Å². The van der Waals surface area contributed by atoms with Crippen LogP contribution >= 0.6 is 0 Å². The lowest BCUT2D eigenvalue weighted by Gasteiger charge is -2.27. The van der Waals surface area contributed by atoms with Crippen LogP contribution in [0.3, 0.4) is 0 Å². The van der Waals surface area contributed by atoms with E-state index >= 15 is 0 Å². The van der Waals surface area contributed by atoms with Crippen molar-refractivity contribution in [1.82, 2.24) is 10.6 Å². The summed E-state index contributed by atoms with van der Waals surface area (Å²) in [5.74, 6) is -0.778. The predicted molar refractivity (Wildman–Crippen MR) is 36.9 cm³/mol. The zero-order chi connectivity index (χ0) is 7.56. The Morgan fingerprint density at radius 1 is 1.50 bits per heavy atom. The molecule has 0 aromatic rings. The van der Waals surface area contributed by atoms with Crippen LogP contribution in [-0.4, -0.2) is 36.2 Å². The molecule has 0 amide bonds. The first-order valence-corrected chi connectivity index (χ1v) is 3.41. The summed E-state index contributed by atoms with van der Waals surface area (Å²) < 4.78 is 0. The first kappa shape index (κ1) is 7.50. The van der Waals surface area contributed by atoms with Crippen molar-refractivity contribution in [1.29, 1.82) is 0 Å². The van der Waals surface area contributed by atoms with Crippen LogP contribution < -0.4 is 10.6 Å². The van der Waals surface area contributed by atoms with Gasteiger partial charge in [0.05, 0.1) is 0 Å². The Morgan fingerprint density at radius 2 is 2.10 bits per heavy atom. The number of piperazine rings is 1. The van der Waals surface area contributed by atoms with Crippen molar-refractivity contribution in [3.8, 4) is 0 Å². The monoisotopic (exact) mass is 144 g/mol. The second-order valence-corrected chi connectivity index (χ2v) is 2.51. The van der Waals surface area contributed by atoms with Gasteiger partial charge in [0, 0.05) is 19.1 Å². The highest BCUT2D eigenvalue weighted by Gasteiger charge is 2.25. The van der Waals surface area contributed by atoms with Crippen LogP contribution in [0.1, 0.15) is 6.92 Å². The normalized spacial score (nSPS) is 33.7. The van der Waals surface area contributed by atoms with Gasteiger partial charge in [0.25, 0.3) is 0 Å². The average Bonchev–Trinajstić information content (AvgIpc) is 1.88. The van der Waals surface area contributed by atoms with Crippen LogP contribution in [0.15, 0.2) is 0 Å². The molecule has 0 bridgehead atoms. The van der Waals surface area contributed by atoms with Crippen LogP contribution in [0.25, 0.3) is 0 Å². The van der Waals surface area contributed by atoms with E-state index in [1.54, 1.807) is 0 Å². The molecular formula is C6H12N2O2. The summed E-state index contributed by atoms with van der Waals surface area (Å²) in [7, 11) is 0. The van der Waals surface area contributed by atoms with E-state index in [0.717, 1.165) is 13.1 Å². The molecule has 4 heteroatoms. The molecule has 58 valence electrons. The van der Waals surface area contributed by atoms with Crippen LogP contribution in [-0.2, 0) is 4.79 Å². The maximum Gasteiger partial charge on any atom is 0.322 e. The quantitative estimate of drug-likeness (QED) is 0.442. The Labute approximate surface area is 59.6 Å². The molecule has 2 atom stereocenters. The fourth-order valence-corrected chi connectivity index (χ4v) is 1.12. The van der Waals surface area contributed by atoms with Gasteiger partial charge in [-0.2, -0.15) is 0 Å². The molecule has 0 unspecified atom stereocenters. The minimum atomic E-state index is -0.778. The Kier molecular flexibility index (Phi) is 2.24. The number of hydrogen-bond donors (Lipinski definition) is 3. The van der Waals surface area contributed by atoms with E-state index in [-0.39, 0.29) is 6.04 Å². The number of carboxylic acids is 1. The zero-order valence-electron chi connectivity index (χ0n) is 5.92. The summed E-state index contributed by atoms with van der Waals surface area (Å²) in [4.78, 5) is 10.5. The highest BCUT2D eigenvalue weighted by atomic mass is 16.4. The summed E-state index contributed by atoms with van der Waals surface area (Å²) in [5, 5.41) is 14.6. The summed E-state index contributed by atoms with van der Waals surface area (Å²) in [5.41, 5.74) is 0. The van der Waals surface area contributed by atoms with Gasteiger partial charge in [0.2, 0.25) is 0 Å². The summed E-state index contributed by atoms with van der Waals surface area (Å²) >= 11 is 0. The number of aliphatic carboxylic acids is 1. The third-order valence-electron chi connectivity index (χ3n) is 1.72. The maximum absolute atomic E-state index is 10.5. The molecular weight excluding hydrogens is 132 g/mol. The van der Waals surface area contributed by atoms with Gasteiger partial charge in [-0.05, 0) is 6.92 Å². The first-order chi connectivity index (χ1) is 4.72. The molecule has 1 aliphatic rings. The molecule has 10 heavy (non-hydrogen) atoms. The van der Waals surface area contributed by atoms with Crippen molar-refractivity contribution in [3.63, 3.8) is 0 Å². The van der Waals surface area contributed by atoms with E-state index in [0.29, 0.717) is 0 Å². The fraction of sp³-hybridized carbons (Fsp3) is 0.833. The smallest absolute Gasteiger partial charge is 0.322 e. The van der Waals surface area contributed by atoms with Crippen molar-refractivity contribution in [2.75, 3.05) is 13.1 Å². The Morgan fingerprint density at radius 3 is 2.50 bits per heavy atom. The van der Waals surface area contributed by atoms with E-state index in [4.69, 9.17) is 5.11 Å². The van der Waals surface area contributed by atoms with Crippen molar-refractivity contribution in [2.24, 2.45) is 0 Å². The number of hydrogen-bond acceptors (Lipinski definition) is 3. The largest absolute Gasteiger partial charge is 0.480 e. The van der Waals surface area contributed by atoms with Crippen LogP contribution in [0.4, 0.5) is 0 Å². The molecule has 1 saturated heterocycles. The summed E-state index contributed by atoms with van der Waals surface area (Å²) in [6, 6.07) is -0.389. The molecule has 1 fully saturated rings. The molecule has 0 aliphatic carbocycles. The minimum Gasteiger partial charge on any atom is -0.480 e. The number of carboxylic acid groups (broad SMARTS) is 1. The number of rotatable bonds is 1. The first-order valence-electron chi connectivity index (χ1n) is 3.41. The lowest BCUT2D eigenvalue weighted by molar-refractivity contribution is -0.140. The van der Waals surface area contributed by atoms with Gasteiger partial charge in [0.1, 0.15) is 6.04 Å². The second-order valence-electron chi connectivity index (χ2n) is 2.51. The third kappa shape index (κ3) is 1.46. The lowest BCUT2D eigenvalue weighted by atomic mass is 10.1. The molecule has 4 nitrogen and oxygen atoms in total. The van der Waals surface area contributed by atoms with Crippen molar-refractivity contribution < 1.29 is 9.90 Å². The fourth-order valence-electron chi connectivity index (χ4n) is 1.12. The van der Waals surface area contributed by atoms with Crippen molar-refractivity contribution >= 4 is 5.97 Å². The predicted octanol–water partition coefficient (Wildman–Crippen LogP) is -0.979. The van der Waals surface area contributed by atoms with Gasteiger partial charge in [-0.25, -0.2) is 0 Å². The van der Waals surface area contributed by atoms with Gasteiger partial charge in [-0.1, -0.05) is 0 Å². The molecule has 0 radical (unpaired) electrons. The summed E-state index contributed by atoms with van der Waals surface area (Å²) in [6.07, 6.45) is 0. The van der Waals surface area contributed by atoms with E-state index in [9.17, 15) is 4.79 Å². The molecule has 1 aliphatic heterocycles. The highest BCUT2D eigenvalue weighted by molar-refractivity contribution is 5.74. The third-order valence-corrected chi connectivity index (χ3v) is 1.72. The molecule has 0 aromatic heterocycles. The zero-order valence-corrected chi connectivity index (χ0v) is 5.92. The molecule has 0 aromatic carbocycles. The average molecular weight is 144 g/mol. The molecule has 0 spiro atoms. The van der Waals surface area contributed by atoms with E-state index in [1.807, 2.05) is 6.92 Å².